The minimum atomic E-state index is -0.948. The van der Waals surface area contributed by atoms with Crippen LogP contribution in [-0.2, 0) is 19.3 Å². The molecule has 0 saturated carbocycles. The molecule has 3 aromatic heterocycles. The summed E-state index contributed by atoms with van der Waals surface area (Å²) >= 11 is 43.1. The fraction of sp³-hybridized carbons (Fsp3) is 0.333. The first kappa shape index (κ1) is 58.6. The molecule has 0 N–H and O–H groups in total. The molecule has 0 radical (unpaired) electrons. The molecule has 444 valence electrons. The van der Waals surface area contributed by atoms with Crippen molar-refractivity contribution in [3.63, 3.8) is 0 Å². The third-order valence-electron chi connectivity index (χ3n) is 18.0. The van der Waals surface area contributed by atoms with E-state index in [1.807, 2.05) is 18.2 Å². The van der Waals surface area contributed by atoms with Gasteiger partial charge in [0.25, 0.3) is 0 Å². The molecule has 1 fully saturated rings. The summed E-state index contributed by atoms with van der Waals surface area (Å²) in [6.45, 7) is 12.3. The molecule has 14 nitrogen and oxygen atoms in total. The lowest BCUT2D eigenvalue weighted by atomic mass is 9.84. The van der Waals surface area contributed by atoms with Crippen LogP contribution in [0.25, 0.3) is 17.1 Å². The van der Waals surface area contributed by atoms with Gasteiger partial charge in [-0.1, -0.05) is 69.6 Å². The topological polar surface area (TPSA) is 123 Å². The number of rotatable bonds is 12. The molecule has 0 spiro atoms. The van der Waals surface area contributed by atoms with Crippen molar-refractivity contribution in [2.45, 2.75) is 104 Å². The summed E-state index contributed by atoms with van der Waals surface area (Å²) in [6, 6.07) is 23.3. The first-order chi connectivity index (χ1) is 41.2. The van der Waals surface area contributed by atoms with Crippen molar-refractivity contribution < 1.29 is 31.9 Å². The maximum atomic E-state index is 17.3. The largest absolute Gasteiger partial charge is 0.482 e. The van der Waals surface area contributed by atoms with Crippen molar-refractivity contribution >= 4 is 69.6 Å². The Balaban J connectivity index is 1.03. The van der Waals surface area contributed by atoms with Crippen LogP contribution >= 0.6 is 69.6 Å². The Kier molecular flexibility index (Phi) is 15.4. The van der Waals surface area contributed by atoms with Crippen LogP contribution in [0.15, 0.2) is 91.0 Å². The molecule has 4 aliphatic rings. The first-order valence-corrected chi connectivity index (χ1v) is 30.5. The van der Waals surface area contributed by atoms with Gasteiger partial charge in [0, 0.05) is 85.3 Å². The summed E-state index contributed by atoms with van der Waals surface area (Å²) in [6.07, 6.45) is -1.17. The van der Waals surface area contributed by atoms with Gasteiger partial charge in [-0.2, -0.15) is 0 Å². The Hall–Kier alpha value is -6.41. The standard InChI is InChI=1S/C63H57Cl6F3N11O3/c1-30-73-74-31(2)80(30)39-9-12-58(52(70)23-39)84-61-45-17-36(64)20-49(67)42(45)26-48(61)57-29-79(7)15-8-16-83(57,55-27-43-46(18-37(65)21-50(43)68)62(55)85-59-13-10-40(24-53(59)71)81-32(3)75-76-33(81)4)56-28-44-47(19-38(66)22-51(44)69)63(56)86-60-14-11-41(25-54(60)72)82-34(5)77-78-35(82)6/h9-14,17-25,48,55-57,61-63H,8,15-16,26-29H2,1-7H3/q+1/t48-,55-,56-,57?,61+,62+,63+/m0/s1. The van der Waals surface area contributed by atoms with E-state index in [9.17, 15) is 0 Å². The molecule has 1 aliphatic heterocycles. The highest BCUT2D eigenvalue weighted by Crippen LogP contribution is 2.57. The second-order valence-corrected chi connectivity index (χ2v) is 25.6. The zero-order valence-corrected chi connectivity index (χ0v) is 52.2. The van der Waals surface area contributed by atoms with Crippen LogP contribution < -0.4 is 14.2 Å². The van der Waals surface area contributed by atoms with Gasteiger partial charge < -0.3 is 23.6 Å². The number of benzene rings is 6. The number of halogens is 9. The van der Waals surface area contributed by atoms with Crippen molar-refractivity contribution in [3.05, 3.63) is 207 Å². The SMILES string of the molecule is Cc1nnc(C)n1-c1ccc(O[C@@H]2c3cc(Cl)cc(Cl)c3C[C@H]2C2CN(C)CCC[N+]2([C@H]2Cc3c(Cl)cc(Cl)cc3[C@H]2Oc2ccc(-n3c(C)nnc3C)cc2F)[C@H]2Cc3c(Cl)cc(Cl)cc3[C@H]2Oc2ccc(-n3c(C)nnc3C)cc2F)c(F)c1. The van der Waals surface area contributed by atoms with E-state index in [0.29, 0.717) is 144 Å². The second-order valence-electron chi connectivity index (χ2n) is 23.0. The molecular weight excluding hydrogens is 1230 g/mol. The van der Waals surface area contributed by atoms with Crippen LogP contribution in [0, 0.1) is 64.9 Å². The normalized spacial score (nSPS) is 21.6. The number of hydrogen-bond acceptors (Lipinski definition) is 10. The summed E-state index contributed by atoms with van der Waals surface area (Å²) in [4.78, 5) is 2.29. The zero-order chi connectivity index (χ0) is 60.4. The summed E-state index contributed by atoms with van der Waals surface area (Å²) in [7, 11) is 2.08. The first-order valence-electron chi connectivity index (χ1n) is 28.2. The van der Waals surface area contributed by atoms with E-state index in [1.165, 1.54) is 18.2 Å². The number of fused-ring (bicyclic) bond motifs is 3. The molecule has 7 atom stereocenters. The van der Waals surface area contributed by atoms with Gasteiger partial charge in [-0.15, -0.1) is 30.6 Å². The minimum absolute atomic E-state index is 0.00506. The number of aryl methyl sites for hydroxylation is 6. The highest BCUT2D eigenvalue weighted by molar-refractivity contribution is 6.36. The lowest BCUT2D eigenvalue weighted by Crippen LogP contribution is -2.72. The van der Waals surface area contributed by atoms with Gasteiger partial charge in [-0.3, -0.25) is 13.7 Å². The highest BCUT2D eigenvalue weighted by atomic mass is 35.5. The molecule has 1 saturated heterocycles. The van der Waals surface area contributed by atoms with Crippen molar-refractivity contribution in [2.75, 3.05) is 26.7 Å². The number of hydrogen-bond donors (Lipinski definition) is 0. The predicted octanol–water partition coefficient (Wildman–Crippen LogP) is 14.9. The Morgan fingerprint density at radius 3 is 1.14 bits per heavy atom. The van der Waals surface area contributed by atoms with E-state index in [4.69, 9.17) is 83.8 Å². The van der Waals surface area contributed by atoms with Gasteiger partial charge in [0.15, 0.2) is 46.9 Å². The summed E-state index contributed by atoms with van der Waals surface area (Å²) < 4.78 is 79.0. The lowest BCUT2D eigenvalue weighted by Gasteiger charge is -2.56. The number of quaternary nitrogens is 1. The average Bonchev–Trinajstić information content (AvgIpc) is 1.53. The maximum Gasteiger partial charge on any atom is 0.176 e. The quantitative estimate of drug-likeness (QED) is 0.109. The Morgan fingerprint density at radius 1 is 0.442 bits per heavy atom. The summed E-state index contributed by atoms with van der Waals surface area (Å²) in [5.41, 5.74) is 5.90. The van der Waals surface area contributed by atoms with Crippen molar-refractivity contribution in [1.82, 2.24) is 49.2 Å². The van der Waals surface area contributed by atoms with E-state index < -0.39 is 59.8 Å². The monoisotopic (exact) mass is 1280 g/mol. The van der Waals surface area contributed by atoms with E-state index >= 15 is 13.2 Å². The predicted molar refractivity (Wildman–Crippen MR) is 325 cm³/mol. The van der Waals surface area contributed by atoms with Crippen LogP contribution in [-0.4, -0.2) is 98.5 Å². The van der Waals surface area contributed by atoms with Gasteiger partial charge in [0.1, 0.15) is 59.2 Å². The third kappa shape index (κ3) is 10.1. The Bertz CT molecular complexity index is 3970. The smallest absolute Gasteiger partial charge is 0.176 e. The molecule has 4 heterocycles. The van der Waals surface area contributed by atoms with Crippen molar-refractivity contribution in [1.29, 1.82) is 0 Å². The molecular formula is C63H57Cl6F3N11O3+. The molecule has 1 unspecified atom stereocenters. The van der Waals surface area contributed by atoms with Gasteiger partial charge in [-0.05, 0) is 150 Å². The fourth-order valence-electron chi connectivity index (χ4n) is 14.5. The third-order valence-corrected chi connectivity index (χ3v) is 19.7. The fourth-order valence-corrected chi connectivity index (χ4v) is 16.3. The van der Waals surface area contributed by atoms with Gasteiger partial charge in [0.05, 0.1) is 36.1 Å². The summed E-state index contributed by atoms with van der Waals surface area (Å²) in [5.74, 6) is 1.05. The van der Waals surface area contributed by atoms with Crippen molar-refractivity contribution in [2.24, 2.45) is 5.92 Å². The lowest BCUT2D eigenvalue weighted by molar-refractivity contribution is -1.00. The van der Waals surface area contributed by atoms with Gasteiger partial charge in [-0.25, -0.2) is 13.2 Å². The molecule has 0 amide bonds. The van der Waals surface area contributed by atoms with Crippen LogP contribution in [0.2, 0.25) is 30.1 Å². The number of nitrogens with zero attached hydrogens (tertiary/aromatic N) is 11. The Labute approximate surface area is 524 Å². The molecule has 9 aromatic rings. The van der Waals surface area contributed by atoms with Crippen LogP contribution in [0.1, 0.15) is 93.1 Å². The van der Waals surface area contributed by atoms with E-state index in [1.54, 1.807) is 110 Å². The highest BCUT2D eigenvalue weighted by Gasteiger charge is 2.64. The van der Waals surface area contributed by atoms with Crippen LogP contribution in [0.4, 0.5) is 13.2 Å². The number of ether oxygens (including phenoxy) is 3. The van der Waals surface area contributed by atoms with E-state index in [0.717, 1.165) is 16.7 Å². The van der Waals surface area contributed by atoms with E-state index in [-0.39, 0.29) is 21.7 Å². The van der Waals surface area contributed by atoms with Crippen LogP contribution in [0.5, 0.6) is 17.2 Å². The summed E-state index contributed by atoms with van der Waals surface area (Å²) in [5, 5.41) is 27.6. The molecule has 6 aromatic carbocycles. The molecule has 3 aliphatic carbocycles. The van der Waals surface area contributed by atoms with Gasteiger partial charge in [0.2, 0.25) is 0 Å². The molecule has 13 rings (SSSR count). The number of aromatic nitrogens is 9. The van der Waals surface area contributed by atoms with E-state index in [2.05, 4.69) is 42.5 Å². The second kappa shape index (κ2) is 22.6. The Morgan fingerprint density at radius 2 is 0.779 bits per heavy atom. The zero-order valence-electron chi connectivity index (χ0n) is 47.7. The molecule has 0 bridgehead atoms. The average molecular weight is 1290 g/mol. The molecule has 23 heteroatoms. The molecule has 86 heavy (non-hydrogen) atoms. The van der Waals surface area contributed by atoms with Crippen molar-refractivity contribution in [3.8, 4) is 34.3 Å². The van der Waals surface area contributed by atoms with Gasteiger partial charge >= 0.3 is 0 Å². The van der Waals surface area contributed by atoms with Crippen LogP contribution in [0.3, 0.4) is 0 Å². The maximum absolute atomic E-state index is 17.3. The number of likely N-dealkylation sites (N-methyl/N-ethyl adjacent to an activating group) is 1. The minimum Gasteiger partial charge on any atom is -0.482 e.